The molecule has 0 heterocycles. The fourth-order valence-electron chi connectivity index (χ4n) is 0.997. The number of ether oxygens (including phenoxy) is 1. The van der Waals surface area contributed by atoms with Crippen LogP contribution in [0, 0.1) is 0 Å². The predicted octanol–water partition coefficient (Wildman–Crippen LogP) is 2.94. The Kier molecular flexibility index (Phi) is 4.41. The van der Waals surface area contributed by atoms with Gasteiger partial charge in [0.2, 0.25) is 0 Å². The summed E-state index contributed by atoms with van der Waals surface area (Å²) in [6, 6.07) is 4.12. The summed E-state index contributed by atoms with van der Waals surface area (Å²) in [5.41, 5.74) is 5.70. The van der Waals surface area contributed by atoms with E-state index in [4.69, 9.17) is 17.3 Å². The van der Waals surface area contributed by atoms with Gasteiger partial charge in [0, 0.05) is 5.69 Å². The van der Waals surface area contributed by atoms with Crippen molar-refractivity contribution in [1.82, 2.24) is 0 Å². The van der Waals surface area contributed by atoms with Crippen molar-refractivity contribution in [2.24, 2.45) is 5.73 Å². The van der Waals surface area contributed by atoms with Gasteiger partial charge in [-0.15, -0.1) is 0 Å². The number of nitrogens with two attached hydrogens (primary N) is 1. The highest BCUT2D eigenvalue weighted by molar-refractivity contribution is 7.80. The first-order valence-electron chi connectivity index (χ1n) is 4.33. The van der Waals surface area contributed by atoms with Gasteiger partial charge >= 0.3 is 6.18 Å². The lowest BCUT2D eigenvalue weighted by Gasteiger charge is -2.11. The standard InChI is InChI=1S/C9H8ClF3N2OS/c10-6-3-5(15-8(14)17)1-2-7(6)16-4-9(11,12)13/h1-3H,4H2,(H3,14,15,17). The molecule has 3 nitrogen and oxygen atoms in total. The normalized spacial score (nSPS) is 11.1. The lowest BCUT2D eigenvalue weighted by molar-refractivity contribution is -0.153. The lowest BCUT2D eigenvalue weighted by Crippen LogP contribution is -2.20. The molecule has 0 aliphatic heterocycles. The van der Waals surface area contributed by atoms with Crippen LogP contribution in [0.15, 0.2) is 18.2 Å². The molecule has 1 rings (SSSR count). The molecule has 94 valence electrons. The van der Waals surface area contributed by atoms with Crippen LogP contribution in [0.5, 0.6) is 5.75 Å². The Balaban J connectivity index is 2.73. The first-order chi connectivity index (χ1) is 7.78. The van der Waals surface area contributed by atoms with Gasteiger partial charge in [-0.1, -0.05) is 11.6 Å². The van der Waals surface area contributed by atoms with E-state index in [0.29, 0.717) is 5.69 Å². The average molecular weight is 285 g/mol. The summed E-state index contributed by atoms with van der Waals surface area (Å²) in [6.45, 7) is -1.39. The Hall–Kier alpha value is -1.21. The Morgan fingerprint density at radius 1 is 1.47 bits per heavy atom. The van der Waals surface area contributed by atoms with Gasteiger partial charge in [-0.3, -0.25) is 0 Å². The van der Waals surface area contributed by atoms with Crippen LogP contribution in [0.1, 0.15) is 0 Å². The predicted molar refractivity (Wildman–Crippen MR) is 63.4 cm³/mol. The molecule has 17 heavy (non-hydrogen) atoms. The maximum Gasteiger partial charge on any atom is 0.422 e. The summed E-state index contributed by atoms with van der Waals surface area (Å²) < 4.78 is 40.2. The molecule has 0 aliphatic carbocycles. The minimum Gasteiger partial charge on any atom is -0.483 e. The summed E-state index contributed by atoms with van der Waals surface area (Å²) in [5.74, 6) is -0.0579. The minimum atomic E-state index is -4.40. The third-order valence-corrected chi connectivity index (χ3v) is 1.99. The molecule has 0 aromatic heterocycles. The molecule has 0 amide bonds. The SMILES string of the molecule is NC(=S)Nc1ccc(OCC(F)(F)F)c(Cl)c1. The monoisotopic (exact) mass is 284 g/mol. The van der Waals surface area contributed by atoms with Crippen LogP contribution in [0.2, 0.25) is 5.02 Å². The van der Waals surface area contributed by atoms with Gasteiger partial charge in [0.1, 0.15) is 5.75 Å². The van der Waals surface area contributed by atoms with E-state index in [0.717, 1.165) is 0 Å². The van der Waals surface area contributed by atoms with E-state index in [2.05, 4.69) is 22.3 Å². The van der Waals surface area contributed by atoms with Crippen molar-refractivity contribution >= 4 is 34.6 Å². The molecule has 1 aromatic carbocycles. The zero-order chi connectivity index (χ0) is 13.1. The second-order valence-corrected chi connectivity index (χ2v) is 3.89. The fraction of sp³-hybridized carbons (Fsp3) is 0.222. The Labute approximate surface area is 106 Å². The topological polar surface area (TPSA) is 47.3 Å². The Morgan fingerprint density at radius 3 is 2.59 bits per heavy atom. The van der Waals surface area contributed by atoms with Crippen molar-refractivity contribution < 1.29 is 17.9 Å². The number of hydrogen-bond donors (Lipinski definition) is 2. The van der Waals surface area contributed by atoms with Gasteiger partial charge in [0.05, 0.1) is 5.02 Å². The Morgan fingerprint density at radius 2 is 2.12 bits per heavy atom. The summed E-state index contributed by atoms with van der Waals surface area (Å²) in [4.78, 5) is 0. The molecule has 0 unspecified atom stereocenters. The van der Waals surface area contributed by atoms with Gasteiger partial charge < -0.3 is 15.8 Å². The third-order valence-electron chi connectivity index (χ3n) is 1.59. The maximum atomic E-state index is 11.9. The van der Waals surface area contributed by atoms with Gasteiger partial charge in [-0.25, -0.2) is 0 Å². The van der Waals surface area contributed by atoms with E-state index in [1.54, 1.807) is 0 Å². The third kappa shape index (κ3) is 5.10. The van der Waals surface area contributed by atoms with Crippen LogP contribution >= 0.6 is 23.8 Å². The van der Waals surface area contributed by atoms with Crippen molar-refractivity contribution in [2.45, 2.75) is 6.18 Å². The van der Waals surface area contributed by atoms with E-state index >= 15 is 0 Å². The number of nitrogens with one attached hydrogen (secondary N) is 1. The summed E-state index contributed by atoms with van der Waals surface area (Å²) >= 11 is 10.3. The van der Waals surface area contributed by atoms with E-state index in [1.165, 1.54) is 18.2 Å². The Bertz CT molecular complexity index is 425. The van der Waals surface area contributed by atoms with E-state index in [1.807, 2.05) is 0 Å². The highest BCUT2D eigenvalue weighted by atomic mass is 35.5. The first-order valence-corrected chi connectivity index (χ1v) is 5.12. The summed E-state index contributed by atoms with van der Waals surface area (Å²) in [6.07, 6.45) is -4.40. The molecule has 0 aliphatic rings. The van der Waals surface area contributed by atoms with Crippen LogP contribution in [-0.4, -0.2) is 17.9 Å². The number of rotatable bonds is 3. The second kappa shape index (κ2) is 5.42. The zero-order valence-corrected chi connectivity index (χ0v) is 9.92. The van der Waals surface area contributed by atoms with E-state index < -0.39 is 12.8 Å². The lowest BCUT2D eigenvalue weighted by atomic mass is 10.3. The van der Waals surface area contributed by atoms with Crippen molar-refractivity contribution in [1.29, 1.82) is 0 Å². The molecular weight excluding hydrogens is 277 g/mol. The molecule has 8 heteroatoms. The molecule has 0 radical (unpaired) electrons. The van der Waals surface area contributed by atoms with Crippen LogP contribution in [-0.2, 0) is 0 Å². The molecule has 3 N–H and O–H groups in total. The van der Waals surface area contributed by atoms with Crippen LogP contribution in [0.25, 0.3) is 0 Å². The fourth-order valence-corrected chi connectivity index (χ4v) is 1.35. The number of anilines is 1. The largest absolute Gasteiger partial charge is 0.483 e. The number of hydrogen-bond acceptors (Lipinski definition) is 2. The highest BCUT2D eigenvalue weighted by Crippen LogP contribution is 2.29. The zero-order valence-electron chi connectivity index (χ0n) is 8.34. The second-order valence-electron chi connectivity index (χ2n) is 3.04. The summed E-state index contributed by atoms with van der Waals surface area (Å²) in [7, 11) is 0. The quantitative estimate of drug-likeness (QED) is 0.838. The van der Waals surface area contributed by atoms with Gasteiger partial charge in [0.15, 0.2) is 11.7 Å². The van der Waals surface area contributed by atoms with Crippen molar-refractivity contribution in [3.05, 3.63) is 23.2 Å². The highest BCUT2D eigenvalue weighted by Gasteiger charge is 2.28. The van der Waals surface area contributed by atoms with Crippen molar-refractivity contribution in [2.75, 3.05) is 11.9 Å². The first kappa shape index (κ1) is 13.9. The smallest absolute Gasteiger partial charge is 0.422 e. The average Bonchev–Trinajstić information content (AvgIpc) is 2.13. The number of benzene rings is 1. The minimum absolute atomic E-state index is 0.0324. The van der Waals surface area contributed by atoms with Gasteiger partial charge in [0.25, 0.3) is 0 Å². The molecule has 0 bridgehead atoms. The van der Waals surface area contributed by atoms with Crippen molar-refractivity contribution in [3.63, 3.8) is 0 Å². The van der Waals surface area contributed by atoms with Crippen LogP contribution in [0.4, 0.5) is 18.9 Å². The molecule has 0 spiro atoms. The number of halogens is 4. The molecule has 0 atom stereocenters. The van der Waals surface area contributed by atoms with E-state index in [-0.39, 0.29) is 15.9 Å². The maximum absolute atomic E-state index is 11.9. The van der Waals surface area contributed by atoms with Gasteiger partial charge in [-0.2, -0.15) is 13.2 Å². The number of thiocarbonyl (C=S) groups is 1. The molecule has 0 saturated carbocycles. The van der Waals surface area contributed by atoms with Crippen LogP contribution in [0.3, 0.4) is 0 Å². The summed E-state index contributed by atoms with van der Waals surface area (Å²) in [5, 5.41) is 2.66. The molecular formula is C9H8ClF3N2OS. The van der Waals surface area contributed by atoms with E-state index in [9.17, 15) is 13.2 Å². The molecule has 1 aromatic rings. The van der Waals surface area contributed by atoms with Crippen molar-refractivity contribution in [3.8, 4) is 5.75 Å². The molecule has 0 saturated heterocycles. The molecule has 0 fully saturated rings. The van der Waals surface area contributed by atoms with Crippen LogP contribution < -0.4 is 15.8 Å². The van der Waals surface area contributed by atoms with Gasteiger partial charge in [-0.05, 0) is 30.4 Å². The number of alkyl halides is 3.